The summed E-state index contributed by atoms with van der Waals surface area (Å²) in [6.45, 7) is 0.788. The minimum absolute atomic E-state index is 0.230. The molecule has 0 fully saturated rings. The molecule has 0 atom stereocenters. The maximum absolute atomic E-state index is 11.6. The van der Waals surface area contributed by atoms with Crippen LogP contribution >= 0.6 is 0 Å². The number of aliphatic hydroxyl groups excluding tert-OH is 2. The third kappa shape index (κ3) is 8.35. The Bertz CT molecular complexity index is 224. The maximum atomic E-state index is 11.6. The summed E-state index contributed by atoms with van der Waals surface area (Å²) < 4.78 is 0. The van der Waals surface area contributed by atoms with Gasteiger partial charge in [0.25, 0.3) is 0 Å². The van der Waals surface area contributed by atoms with Crippen LogP contribution in [0.4, 0.5) is 0 Å². The molecule has 0 unspecified atom stereocenters. The number of hydrogen-bond acceptors (Lipinski definition) is 4. The third-order valence-corrected chi connectivity index (χ3v) is 3.55. The standard InChI is InChI=1S/C15H30O4/c1-2-3-4-5-6-7-8-9-10-11-14(18)15(19,12-16)13-17/h16-17,19H,2-13H2,1H3. The second-order valence-corrected chi connectivity index (χ2v) is 5.35. The van der Waals surface area contributed by atoms with Crippen molar-refractivity contribution in [2.24, 2.45) is 0 Å². The lowest BCUT2D eigenvalue weighted by Crippen LogP contribution is -2.45. The van der Waals surface area contributed by atoms with Gasteiger partial charge in [0.2, 0.25) is 0 Å². The molecule has 0 aromatic carbocycles. The summed E-state index contributed by atoms with van der Waals surface area (Å²) in [7, 11) is 0. The van der Waals surface area contributed by atoms with Gasteiger partial charge in [-0.1, -0.05) is 58.3 Å². The predicted octanol–water partition coefficient (Wildman–Crippen LogP) is 2.19. The van der Waals surface area contributed by atoms with Crippen molar-refractivity contribution in [3.63, 3.8) is 0 Å². The van der Waals surface area contributed by atoms with Crippen molar-refractivity contribution in [3.8, 4) is 0 Å². The van der Waals surface area contributed by atoms with Crippen LogP contribution < -0.4 is 0 Å². The molecule has 4 nitrogen and oxygen atoms in total. The quantitative estimate of drug-likeness (QED) is 0.450. The highest BCUT2D eigenvalue weighted by atomic mass is 16.4. The van der Waals surface area contributed by atoms with Crippen molar-refractivity contribution in [2.75, 3.05) is 13.2 Å². The van der Waals surface area contributed by atoms with Crippen LogP contribution in [0, 0.1) is 0 Å². The molecule has 0 aromatic heterocycles. The molecule has 0 spiro atoms. The van der Waals surface area contributed by atoms with Crippen LogP contribution in [0.2, 0.25) is 0 Å². The van der Waals surface area contributed by atoms with E-state index in [0.29, 0.717) is 0 Å². The number of carbonyl (C=O) groups is 1. The second-order valence-electron chi connectivity index (χ2n) is 5.35. The molecule has 3 N–H and O–H groups in total. The second kappa shape index (κ2) is 11.4. The largest absolute Gasteiger partial charge is 0.393 e. The number of carbonyl (C=O) groups excluding carboxylic acids is 1. The Morgan fingerprint density at radius 2 is 1.26 bits per heavy atom. The Kier molecular flexibility index (Phi) is 11.1. The zero-order valence-electron chi connectivity index (χ0n) is 12.2. The molecule has 0 aliphatic heterocycles. The van der Waals surface area contributed by atoms with Crippen LogP contribution in [-0.2, 0) is 4.79 Å². The summed E-state index contributed by atoms with van der Waals surface area (Å²) >= 11 is 0. The Morgan fingerprint density at radius 3 is 1.68 bits per heavy atom. The molecule has 0 saturated carbocycles. The van der Waals surface area contributed by atoms with Gasteiger partial charge in [-0.3, -0.25) is 4.79 Å². The van der Waals surface area contributed by atoms with Crippen molar-refractivity contribution in [2.45, 2.75) is 76.7 Å². The molecule has 0 radical (unpaired) electrons. The van der Waals surface area contributed by atoms with Crippen molar-refractivity contribution >= 4 is 5.78 Å². The van der Waals surface area contributed by atoms with E-state index in [-0.39, 0.29) is 6.42 Å². The van der Waals surface area contributed by atoms with E-state index in [2.05, 4.69) is 6.92 Å². The van der Waals surface area contributed by atoms with Gasteiger partial charge in [0.15, 0.2) is 11.4 Å². The fourth-order valence-corrected chi connectivity index (χ4v) is 2.06. The van der Waals surface area contributed by atoms with Crippen molar-refractivity contribution in [3.05, 3.63) is 0 Å². The first-order chi connectivity index (χ1) is 9.10. The molecule has 4 heteroatoms. The normalized spacial score (nSPS) is 11.8. The lowest BCUT2D eigenvalue weighted by atomic mass is 9.95. The molecule has 0 aliphatic rings. The molecule has 19 heavy (non-hydrogen) atoms. The Hall–Kier alpha value is -0.450. The summed E-state index contributed by atoms with van der Waals surface area (Å²) in [6.07, 6.45) is 10.7. The van der Waals surface area contributed by atoms with Gasteiger partial charge >= 0.3 is 0 Å². The molecule has 0 aromatic rings. The van der Waals surface area contributed by atoms with E-state index >= 15 is 0 Å². The first kappa shape index (κ1) is 18.6. The minimum atomic E-state index is -1.94. The number of aliphatic hydroxyl groups is 3. The number of Topliss-reactive ketones (excluding diaryl/α,β-unsaturated/α-hetero) is 1. The maximum Gasteiger partial charge on any atom is 0.169 e. The van der Waals surface area contributed by atoms with Gasteiger partial charge in [-0.2, -0.15) is 0 Å². The van der Waals surface area contributed by atoms with Crippen molar-refractivity contribution in [1.29, 1.82) is 0 Å². The van der Waals surface area contributed by atoms with Crippen LogP contribution in [0.5, 0.6) is 0 Å². The average Bonchev–Trinajstić information content (AvgIpc) is 2.44. The Morgan fingerprint density at radius 1 is 0.842 bits per heavy atom. The van der Waals surface area contributed by atoms with E-state index < -0.39 is 24.6 Å². The third-order valence-electron chi connectivity index (χ3n) is 3.55. The predicted molar refractivity (Wildman–Crippen MR) is 76.0 cm³/mol. The monoisotopic (exact) mass is 274 g/mol. The highest BCUT2D eigenvalue weighted by Crippen LogP contribution is 2.13. The van der Waals surface area contributed by atoms with Crippen molar-refractivity contribution < 1.29 is 20.1 Å². The van der Waals surface area contributed by atoms with Gasteiger partial charge in [-0.15, -0.1) is 0 Å². The highest BCUT2D eigenvalue weighted by molar-refractivity contribution is 5.87. The van der Waals surface area contributed by atoms with Gasteiger partial charge in [-0.25, -0.2) is 0 Å². The summed E-state index contributed by atoms with van der Waals surface area (Å²) in [5.74, 6) is -0.458. The first-order valence-electron chi connectivity index (χ1n) is 7.58. The summed E-state index contributed by atoms with van der Waals surface area (Å²) in [5, 5.41) is 27.3. The molecule has 0 rings (SSSR count). The van der Waals surface area contributed by atoms with Crippen LogP contribution in [0.3, 0.4) is 0 Å². The fourth-order valence-electron chi connectivity index (χ4n) is 2.06. The molecule has 0 heterocycles. The van der Waals surface area contributed by atoms with E-state index in [1.807, 2.05) is 0 Å². The number of rotatable bonds is 13. The molecular weight excluding hydrogens is 244 g/mol. The van der Waals surface area contributed by atoms with Crippen LogP contribution in [0.25, 0.3) is 0 Å². The highest BCUT2D eigenvalue weighted by Gasteiger charge is 2.33. The van der Waals surface area contributed by atoms with E-state index in [1.54, 1.807) is 0 Å². The van der Waals surface area contributed by atoms with E-state index in [4.69, 9.17) is 10.2 Å². The van der Waals surface area contributed by atoms with E-state index in [0.717, 1.165) is 19.3 Å². The lowest BCUT2D eigenvalue weighted by Gasteiger charge is -2.21. The summed E-state index contributed by atoms with van der Waals surface area (Å²) in [6, 6.07) is 0. The molecule has 0 aliphatic carbocycles. The zero-order chi connectivity index (χ0) is 14.6. The SMILES string of the molecule is CCCCCCCCCCCC(=O)C(O)(CO)CO. The minimum Gasteiger partial charge on any atom is -0.393 e. The van der Waals surface area contributed by atoms with Gasteiger partial charge in [0.05, 0.1) is 13.2 Å². The fraction of sp³-hybridized carbons (Fsp3) is 0.933. The molecule has 114 valence electrons. The van der Waals surface area contributed by atoms with E-state index in [1.165, 1.54) is 38.5 Å². The lowest BCUT2D eigenvalue weighted by molar-refractivity contribution is -0.146. The Labute approximate surface area is 116 Å². The number of ketones is 1. The first-order valence-corrected chi connectivity index (χ1v) is 7.58. The molecule has 0 saturated heterocycles. The van der Waals surface area contributed by atoms with Crippen LogP contribution in [0.15, 0.2) is 0 Å². The van der Waals surface area contributed by atoms with Gasteiger partial charge in [0.1, 0.15) is 0 Å². The van der Waals surface area contributed by atoms with Gasteiger partial charge in [-0.05, 0) is 6.42 Å². The van der Waals surface area contributed by atoms with Gasteiger partial charge in [0, 0.05) is 6.42 Å². The van der Waals surface area contributed by atoms with E-state index in [9.17, 15) is 9.90 Å². The summed E-state index contributed by atoms with van der Waals surface area (Å²) in [4.78, 5) is 11.6. The molecule has 0 bridgehead atoms. The van der Waals surface area contributed by atoms with Gasteiger partial charge < -0.3 is 15.3 Å². The smallest absolute Gasteiger partial charge is 0.169 e. The average molecular weight is 274 g/mol. The number of unbranched alkanes of at least 4 members (excludes halogenated alkanes) is 8. The molecular formula is C15H30O4. The van der Waals surface area contributed by atoms with Crippen molar-refractivity contribution in [1.82, 2.24) is 0 Å². The van der Waals surface area contributed by atoms with Crippen LogP contribution in [0.1, 0.15) is 71.1 Å². The Balaban J connectivity index is 3.46. The topological polar surface area (TPSA) is 77.8 Å². The summed E-state index contributed by atoms with van der Waals surface area (Å²) in [5.41, 5.74) is -1.94. The zero-order valence-corrected chi connectivity index (χ0v) is 12.2. The number of hydrogen-bond donors (Lipinski definition) is 3. The molecule has 0 amide bonds. The van der Waals surface area contributed by atoms with Crippen LogP contribution in [-0.4, -0.2) is 39.9 Å².